The molecule has 0 radical (unpaired) electrons. The number of halogens is 2. The minimum atomic E-state index is -0.534. The third-order valence-corrected chi connectivity index (χ3v) is 3.19. The first-order valence-corrected chi connectivity index (χ1v) is 7.05. The average molecular weight is 318 g/mol. The van der Waals surface area contributed by atoms with Crippen molar-refractivity contribution in [2.45, 2.75) is 13.3 Å². The van der Waals surface area contributed by atoms with E-state index in [0.29, 0.717) is 5.69 Å². The lowest BCUT2D eigenvalue weighted by molar-refractivity contribution is -0.117. The first-order valence-electron chi connectivity index (χ1n) is 7.05. The molecule has 0 unspecified atom stereocenters. The van der Waals surface area contributed by atoms with Crippen molar-refractivity contribution in [2.75, 3.05) is 16.8 Å². The number of para-hydroxylation sites is 1. The Hall–Kier alpha value is -2.76. The maximum Gasteiger partial charge on any atom is 0.226 e. The first-order chi connectivity index (χ1) is 11.0. The molecule has 0 fully saturated rings. The molecule has 6 heteroatoms. The number of nitrogens with zero attached hydrogens (tertiary/aromatic N) is 1. The van der Waals surface area contributed by atoms with Crippen molar-refractivity contribution in [1.82, 2.24) is 0 Å². The van der Waals surface area contributed by atoms with Gasteiger partial charge in [0.25, 0.3) is 0 Å². The molecule has 2 rings (SSSR count). The van der Waals surface area contributed by atoms with E-state index in [1.165, 1.54) is 48.2 Å². The van der Waals surface area contributed by atoms with Crippen LogP contribution >= 0.6 is 0 Å². The number of carbonyl (C=O) groups is 2. The first kappa shape index (κ1) is 16.6. The van der Waals surface area contributed by atoms with Gasteiger partial charge >= 0.3 is 0 Å². The van der Waals surface area contributed by atoms with Crippen LogP contribution in [0.15, 0.2) is 48.5 Å². The lowest BCUT2D eigenvalue weighted by Crippen LogP contribution is -2.32. The summed E-state index contributed by atoms with van der Waals surface area (Å²) in [5, 5.41) is 2.53. The zero-order valence-electron chi connectivity index (χ0n) is 12.6. The highest BCUT2D eigenvalue weighted by Gasteiger charge is 2.16. The number of hydrogen-bond donors (Lipinski definition) is 1. The fraction of sp³-hybridized carbons (Fsp3) is 0.176. The molecule has 0 atom stereocenters. The van der Waals surface area contributed by atoms with Crippen LogP contribution in [0.25, 0.3) is 0 Å². The molecule has 2 aromatic rings. The fourth-order valence-electron chi connectivity index (χ4n) is 2.12. The zero-order valence-corrected chi connectivity index (χ0v) is 12.6. The van der Waals surface area contributed by atoms with Crippen LogP contribution in [0.3, 0.4) is 0 Å². The monoisotopic (exact) mass is 318 g/mol. The molecule has 1 N–H and O–H groups in total. The molecule has 2 aromatic carbocycles. The molecule has 2 amide bonds. The normalized spacial score (nSPS) is 10.2. The van der Waals surface area contributed by atoms with Gasteiger partial charge in [-0.2, -0.15) is 0 Å². The zero-order chi connectivity index (χ0) is 16.8. The van der Waals surface area contributed by atoms with Crippen molar-refractivity contribution in [3.05, 3.63) is 60.2 Å². The number of nitrogens with one attached hydrogen (secondary N) is 1. The Kier molecular flexibility index (Phi) is 5.41. The summed E-state index contributed by atoms with van der Waals surface area (Å²) in [6, 6.07) is 11.4. The van der Waals surface area contributed by atoms with Crippen LogP contribution < -0.4 is 10.2 Å². The quantitative estimate of drug-likeness (QED) is 0.919. The van der Waals surface area contributed by atoms with E-state index in [2.05, 4.69) is 5.32 Å². The summed E-state index contributed by atoms with van der Waals surface area (Å²) in [6.45, 7) is 1.33. The molecule has 0 saturated heterocycles. The van der Waals surface area contributed by atoms with Crippen molar-refractivity contribution in [3.8, 4) is 0 Å². The Bertz CT molecular complexity index is 719. The van der Waals surface area contributed by atoms with Gasteiger partial charge in [-0.1, -0.05) is 18.2 Å². The van der Waals surface area contributed by atoms with Crippen molar-refractivity contribution in [1.29, 1.82) is 0 Å². The predicted molar refractivity (Wildman–Crippen MR) is 84.1 cm³/mol. The second kappa shape index (κ2) is 7.49. The van der Waals surface area contributed by atoms with Crippen molar-refractivity contribution >= 4 is 23.2 Å². The van der Waals surface area contributed by atoms with Crippen LogP contribution in [-0.4, -0.2) is 18.4 Å². The van der Waals surface area contributed by atoms with E-state index in [-0.39, 0.29) is 24.6 Å². The summed E-state index contributed by atoms with van der Waals surface area (Å²) in [5.74, 6) is -1.75. The second-order valence-corrected chi connectivity index (χ2v) is 4.93. The second-order valence-electron chi connectivity index (χ2n) is 4.93. The van der Waals surface area contributed by atoms with E-state index in [4.69, 9.17) is 0 Å². The Labute approximate surface area is 132 Å². The van der Waals surface area contributed by atoms with Gasteiger partial charge in [0.05, 0.1) is 5.69 Å². The molecular weight excluding hydrogens is 302 g/mol. The van der Waals surface area contributed by atoms with Gasteiger partial charge in [-0.05, 0) is 30.3 Å². The minimum Gasteiger partial charge on any atom is -0.326 e. The fourth-order valence-corrected chi connectivity index (χ4v) is 2.12. The number of hydrogen-bond acceptors (Lipinski definition) is 2. The SMILES string of the molecule is CC(=O)N(CCC(=O)Nc1cccc(F)c1)c1ccccc1F. The predicted octanol–water partition coefficient (Wildman–Crippen LogP) is 3.35. The summed E-state index contributed by atoms with van der Waals surface area (Å²) >= 11 is 0. The average Bonchev–Trinajstić information content (AvgIpc) is 2.49. The lowest BCUT2D eigenvalue weighted by Gasteiger charge is -2.21. The van der Waals surface area contributed by atoms with Crippen LogP contribution in [-0.2, 0) is 9.59 Å². The highest BCUT2D eigenvalue weighted by atomic mass is 19.1. The molecular formula is C17H16F2N2O2. The van der Waals surface area contributed by atoms with E-state index in [9.17, 15) is 18.4 Å². The molecule has 0 aromatic heterocycles. The van der Waals surface area contributed by atoms with Crippen LogP contribution in [0.4, 0.5) is 20.2 Å². The Morgan fingerprint density at radius 1 is 1.09 bits per heavy atom. The van der Waals surface area contributed by atoms with Crippen LogP contribution in [0.5, 0.6) is 0 Å². The topological polar surface area (TPSA) is 49.4 Å². The van der Waals surface area contributed by atoms with Gasteiger partial charge in [-0.15, -0.1) is 0 Å². The van der Waals surface area contributed by atoms with Gasteiger partial charge in [0.2, 0.25) is 11.8 Å². The molecule has 23 heavy (non-hydrogen) atoms. The molecule has 0 aliphatic heterocycles. The number of rotatable bonds is 5. The number of benzene rings is 2. The highest BCUT2D eigenvalue weighted by molar-refractivity contribution is 5.94. The Morgan fingerprint density at radius 2 is 1.83 bits per heavy atom. The third-order valence-electron chi connectivity index (χ3n) is 3.19. The van der Waals surface area contributed by atoms with Gasteiger partial charge in [-0.25, -0.2) is 8.78 Å². The van der Waals surface area contributed by atoms with Gasteiger partial charge < -0.3 is 10.2 Å². The molecule has 0 heterocycles. The molecule has 0 spiro atoms. The highest BCUT2D eigenvalue weighted by Crippen LogP contribution is 2.19. The minimum absolute atomic E-state index is 0.0252. The van der Waals surface area contributed by atoms with Gasteiger partial charge in [-0.3, -0.25) is 9.59 Å². The molecule has 0 aliphatic carbocycles. The number of carbonyl (C=O) groups excluding carboxylic acids is 2. The standard InChI is InChI=1S/C17H16F2N2O2/c1-12(22)21(16-8-3-2-7-15(16)19)10-9-17(23)20-14-6-4-5-13(18)11-14/h2-8,11H,9-10H2,1H3,(H,20,23). The van der Waals surface area contributed by atoms with Crippen LogP contribution in [0, 0.1) is 11.6 Å². The van der Waals surface area contributed by atoms with E-state index < -0.39 is 17.5 Å². The summed E-state index contributed by atoms with van der Waals surface area (Å²) in [4.78, 5) is 24.8. The van der Waals surface area contributed by atoms with Gasteiger partial charge in [0.1, 0.15) is 11.6 Å². The summed E-state index contributed by atoms with van der Waals surface area (Å²) in [7, 11) is 0. The largest absolute Gasteiger partial charge is 0.326 e. The van der Waals surface area contributed by atoms with E-state index in [0.717, 1.165) is 0 Å². The van der Waals surface area contributed by atoms with Crippen molar-refractivity contribution in [2.24, 2.45) is 0 Å². The maximum atomic E-state index is 13.8. The summed E-state index contributed by atoms with van der Waals surface area (Å²) < 4.78 is 26.8. The van der Waals surface area contributed by atoms with Crippen molar-refractivity contribution < 1.29 is 18.4 Å². The Morgan fingerprint density at radius 3 is 2.48 bits per heavy atom. The lowest BCUT2D eigenvalue weighted by atomic mass is 10.2. The van der Waals surface area contributed by atoms with Crippen molar-refractivity contribution in [3.63, 3.8) is 0 Å². The Balaban J connectivity index is 2.00. The maximum absolute atomic E-state index is 13.8. The van der Waals surface area contributed by atoms with Crippen LogP contribution in [0.2, 0.25) is 0 Å². The third kappa shape index (κ3) is 4.60. The smallest absolute Gasteiger partial charge is 0.226 e. The van der Waals surface area contributed by atoms with E-state index in [1.54, 1.807) is 12.1 Å². The van der Waals surface area contributed by atoms with Gasteiger partial charge in [0, 0.05) is 25.6 Å². The van der Waals surface area contributed by atoms with Gasteiger partial charge in [0.15, 0.2) is 0 Å². The number of amides is 2. The summed E-state index contributed by atoms with van der Waals surface area (Å²) in [5.41, 5.74) is 0.453. The number of anilines is 2. The summed E-state index contributed by atoms with van der Waals surface area (Å²) in [6.07, 6.45) is -0.0373. The van der Waals surface area contributed by atoms with E-state index in [1.807, 2.05) is 0 Å². The molecule has 120 valence electrons. The van der Waals surface area contributed by atoms with E-state index >= 15 is 0 Å². The molecule has 0 bridgehead atoms. The molecule has 0 saturated carbocycles. The molecule has 0 aliphatic rings. The van der Waals surface area contributed by atoms with Crippen LogP contribution in [0.1, 0.15) is 13.3 Å². The molecule has 4 nitrogen and oxygen atoms in total.